The van der Waals surface area contributed by atoms with Gasteiger partial charge in [-0.3, -0.25) is 4.90 Å². The van der Waals surface area contributed by atoms with E-state index in [2.05, 4.69) is 25.2 Å². The maximum Gasteiger partial charge on any atom is 0.250 e. The predicted molar refractivity (Wildman–Crippen MR) is 95.2 cm³/mol. The summed E-state index contributed by atoms with van der Waals surface area (Å²) in [4.78, 5) is 6.60. The smallest absolute Gasteiger partial charge is 0.250 e. The Morgan fingerprint density at radius 1 is 1.22 bits per heavy atom. The van der Waals surface area contributed by atoms with Crippen LogP contribution in [-0.2, 0) is 6.42 Å². The highest BCUT2D eigenvalue weighted by molar-refractivity contribution is 5.53. The number of hydrogen-bond acceptors (Lipinski definition) is 7. The van der Waals surface area contributed by atoms with Crippen LogP contribution in [0.3, 0.4) is 0 Å². The molecule has 1 aromatic carbocycles. The number of aryl methyl sites for hydroxylation is 2. The van der Waals surface area contributed by atoms with Crippen LogP contribution in [-0.4, -0.2) is 38.3 Å². The highest BCUT2D eigenvalue weighted by Crippen LogP contribution is 2.32. The fourth-order valence-electron chi connectivity index (χ4n) is 3.53. The second-order valence-corrected chi connectivity index (χ2v) is 6.81. The first-order valence-corrected chi connectivity index (χ1v) is 9.32. The van der Waals surface area contributed by atoms with Gasteiger partial charge in [-0.15, -0.1) is 10.2 Å². The molecule has 2 aromatic heterocycles. The van der Waals surface area contributed by atoms with E-state index in [1.165, 1.54) is 6.07 Å². The number of rotatable bonds is 6. The van der Waals surface area contributed by atoms with E-state index in [9.17, 15) is 4.39 Å². The van der Waals surface area contributed by atoms with Crippen molar-refractivity contribution in [1.29, 1.82) is 0 Å². The van der Waals surface area contributed by atoms with Crippen molar-refractivity contribution in [3.8, 4) is 11.5 Å². The van der Waals surface area contributed by atoms with Gasteiger partial charge >= 0.3 is 0 Å². The summed E-state index contributed by atoms with van der Waals surface area (Å²) in [5, 5.41) is 12.1. The maximum atomic E-state index is 14.0. The highest BCUT2D eigenvalue weighted by Gasteiger charge is 2.28. The van der Waals surface area contributed by atoms with Crippen molar-refractivity contribution in [2.45, 2.75) is 45.1 Å². The molecule has 0 aliphatic carbocycles. The van der Waals surface area contributed by atoms with Crippen LogP contribution >= 0.6 is 0 Å². The Kier molecular flexibility index (Phi) is 5.24. The Morgan fingerprint density at radius 2 is 2.11 bits per heavy atom. The monoisotopic (exact) mass is 371 g/mol. The average molecular weight is 371 g/mol. The lowest BCUT2D eigenvalue weighted by Gasteiger charge is -2.33. The second kappa shape index (κ2) is 7.96. The van der Waals surface area contributed by atoms with Crippen LogP contribution in [0.4, 0.5) is 4.39 Å². The molecular formula is C19H22FN5O2. The van der Waals surface area contributed by atoms with E-state index >= 15 is 0 Å². The predicted octanol–water partition coefficient (Wildman–Crippen LogP) is 3.73. The molecule has 1 atom stereocenters. The summed E-state index contributed by atoms with van der Waals surface area (Å²) in [5.74, 6) is 1.76. The Hall–Kier alpha value is -2.61. The molecule has 142 valence electrons. The zero-order valence-corrected chi connectivity index (χ0v) is 15.3. The van der Waals surface area contributed by atoms with Crippen molar-refractivity contribution in [2.24, 2.45) is 0 Å². The van der Waals surface area contributed by atoms with Gasteiger partial charge in [-0.25, -0.2) is 4.39 Å². The van der Waals surface area contributed by atoms with Gasteiger partial charge in [-0.2, -0.15) is 4.98 Å². The third-order valence-electron chi connectivity index (χ3n) is 4.85. The van der Waals surface area contributed by atoms with Gasteiger partial charge in [0.15, 0.2) is 5.82 Å². The number of halogens is 1. The summed E-state index contributed by atoms with van der Waals surface area (Å²) >= 11 is 0. The van der Waals surface area contributed by atoms with E-state index in [4.69, 9.17) is 8.94 Å². The van der Waals surface area contributed by atoms with E-state index in [0.717, 1.165) is 45.2 Å². The van der Waals surface area contributed by atoms with Gasteiger partial charge < -0.3 is 8.94 Å². The quantitative estimate of drug-likeness (QED) is 0.653. The van der Waals surface area contributed by atoms with Crippen molar-refractivity contribution in [1.82, 2.24) is 25.2 Å². The van der Waals surface area contributed by atoms with Gasteiger partial charge in [0.05, 0.1) is 11.6 Å². The molecule has 4 rings (SSSR count). The van der Waals surface area contributed by atoms with E-state index in [0.29, 0.717) is 23.2 Å². The van der Waals surface area contributed by atoms with E-state index < -0.39 is 0 Å². The van der Waals surface area contributed by atoms with E-state index in [-0.39, 0.29) is 17.7 Å². The summed E-state index contributed by atoms with van der Waals surface area (Å²) in [7, 11) is 0. The summed E-state index contributed by atoms with van der Waals surface area (Å²) in [5.41, 5.74) is 0.338. The fourth-order valence-corrected chi connectivity index (χ4v) is 3.53. The van der Waals surface area contributed by atoms with Crippen LogP contribution in [0.5, 0.6) is 0 Å². The number of piperidine rings is 1. The topological polar surface area (TPSA) is 81.1 Å². The summed E-state index contributed by atoms with van der Waals surface area (Å²) in [6.07, 6.45) is 4.87. The molecule has 1 aliphatic heterocycles. The van der Waals surface area contributed by atoms with Crippen LogP contribution < -0.4 is 0 Å². The van der Waals surface area contributed by atoms with Gasteiger partial charge in [-0.1, -0.05) is 23.7 Å². The maximum absolute atomic E-state index is 14.0. The Morgan fingerprint density at radius 3 is 2.93 bits per heavy atom. The van der Waals surface area contributed by atoms with E-state index in [1.54, 1.807) is 18.2 Å². The van der Waals surface area contributed by atoms with Crippen LogP contribution in [0.25, 0.3) is 11.5 Å². The first kappa shape index (κ1) is 17.8. The zero-order chi connectivity index (χ0) is 18.6. The van der Waals surface area contributed by atoms with Crippen LogP contribution in [0.15, 0.2) is 33.2 Å². The van der Waals surface area contributed by atoms with Crippen molar-refractivity contribution in [2.75, 3.05) is 13.1 Å². The molecule has 0 radical (unpaired) electrons. The van der Waals surface area contributed by atoms with Gasteiger partial charge in [0.2, 0.25) is 11.8 Å². The number of aromatic nitrogens is 4. The molecule has 1 fully saturated rings. The molecule has 0 unspecified atom stereocenters. The molecule has 0 saturated carbocycles. The molecule has 8 heteroatoms. The Labute approximate surface area is 156 Å². The SMILES string of the molecule is Cc1noc(CCCN2CCCC[C@@H]2c2nnc(-c3ccccc3F)o2)n1. The zero-order valence-electron chi connectivity index (χ0n) is 15.3. The minimum absolute atomic E-state index is 0.0659. The Bertz CT molecular complexity index is 894. The normalized spacial score (nSPS) is 18.1. The molecule has 0 spiro atoms. The summed E-state index contributed by atoms with van der Waals surface area (Å²) in [6.45, 7) is 3.67. The van der Waals surface area contributed by atoms with Crippen molar-refractivity contribution in [3.63, 3.8) is 0 Å². The molecule has 1 saturated heterocycles. The van der Waals surface area contributed by atoms with Gasteiger partial charge in [0.1, 0.15) is 5.82 Å². The van der Waals surface area contributed by atoms with E-state index in [1.807, 2.05) is 6.92 Å². The van der Waals surface area contributed by atoms with Crippen molar-refractivity contribution >= 4 is 0 Å². The minimum Gasteiger partial charge on any atom is -0.419 e. The van der Waals surface area contributed by atoms with Crippen LogP contribution in [0.1, 0.15) is 49.3 Å². The lowest BCUT2D eigenvalue weighted by Crippen LogP contribution is -2.34. The van der Waals surface area contributed by atoms with Crippen LogP contribution in [0, 0.1) is 12.7 Å². The van der Waals surface area contributed by atoms with Gasteiger partial charge in [-0.05, 0) is 51.4 Å². The lowest BCUT2D eigenvalue weighted by molar-refractivity contribution is 0.123. The standard InChI is InChI=1S/C19H22FN5O2/c1-13-21-17(27-24-13)10-6-12-25-11-5-4-9-16(25)19-23-22-18(26-19)14-7-2-3-8-15(14)20/h2-3,7-8,16H,4-6,9-12H2,1H3/t16-/m1/s1. The molecule has 3 aromatic rings. The summed E-state index contributed by atoms with van der Waals surface area (Å²) in [6, 6.07) is 6.51. The first-order chi connectivity index (χ1) is 13.2. The number of likely N-dealkylation sites (tertiary alicyclic amines) is 1. The van der Waals surface area contributed by atoms with Crippen LogP contribution in [0.2, 0.25) is 0 Å². The third kappa shape index (κ3) is 4.05. The molecular weight excluding hydrogens is 349 g/mol. The third-order valence-corrected chi connectivity index (χ3v) is 4.85. The number of hydrogen-bond donors (Lipinski definition) is 0. The molecule has 27 heavy (non-hydrogen) atoms. The molecule has 0 N–H and O–H groups in total. The van der Waals surface area contributed by atoms with Crippen molar-refractivity contribution < 1.29 is 13.3 Å². The van der Waals surface area contributed by atoms with Crippen molar-refractivity contribution in [3.05, 3.63) is 47.7 Å². The molecule has 7 nitrogen and oxygen atoms in total. The largest absolute Gasteiger partial charge is 0.419 e. The van der Waals surface area contributed by atoms with Gasteiger partial charge in [0, 0.05) is 6.42 Å². The minimum atomic E-state index is -0.358. The molecule has 1 aliphatic rings. The first-order valence-electron chi connectivity index (χ1n) is 9.32. The highest BCUT2D eigenvalue weighted by atomic mass is 19.1. The lowest BCUT2D eigenvalue weighted by atomic mass is 10.0. The number of benzene rings is 1. The molecule has 0 amide bonds. The average Bonchev–Trinajstić information content (AvgIpc) is 3.32. The molecule has 3 heterocycles. The fraction of sp³-hybridized carbons (Fsp3) is 0.474. The van der Waals surface area contributed by atoms with Gasteiger partial charge in [0.25, 0.3) is 5.89 Å². The number of nitrogens with zero attached hydrogens (tertiary/aromatic N) is 5. The Balaban J connectivity index is 1.44. The second-order valence-electron chi connectivity index (χ2n) is 6.81. The summed E-state index contributed by atoms with van der Waals surface area (Å²) < 4.78 is 25.0. The molecule has 0 bridgehead atoms.